The van der Waals surface area contributed by atoms with Gasteiger partial charge in [0.15, 0.2) is 5.69 Å². The highest BCUT2D eigenvalue weighted by Gasteiger charge is 2.13. The first-order valence-electron chi connectivity index (χ1n) is 7.13. The topological polar surface area (TPSA) is 78.4 Å². The Labute approximate surface area is 120 Å². The Kier molecular flexibility index (Phi) is 7.57. The summed E-state index contributed by atoms with van der Waals surface area (Å²) in [5, 5.41) is 19.8. The zero-order valence-electron chi connectivity index (χ0n) is 12.3. The number of hydrogen-bond donors (Lipinski definition) is 2. The summed E-state index contributed by atoms with van der Waals surface area (Å²) in [5.74, 6) is 0.567. The molecule has 0 unspecified atom stereocenters. The van der Waals surface area contributed by atoms with Gasteiger partial charge < -0.3 is 15.3 Å². The third-order valence-electron chi connectivity index (χ3n) is 2.94. The molecule has 6 heteroatoms. The van der Waals surface area contributed by atoms with E-state index < -0.39 is 0 Å². The van der Waals surface area contributed by atoms with Gasteiger partial charge in [0.25, 0.3) is 5.91 Å². The molecule has 0 spiro atoms. The molecule has 0 bridgehead atoms. The molecule has 1 amide bonds. The van der Waals surface area contributed by atoms with Gasteiger partial charge in [-0.25, -0.2) is 0 Å². The van der Waals surface area contributed by atoms with Gasteiger partial charge in [0.1, 0.15) is 5.82 Å². The summed E-state index contributed by atoms with van der Waals surface area (Å²) in [6, 6.07) is 3.47. The molecule has 0 radical (unpaired) electrons. The van der Waals surface area contributed by atoms with Gasteiger partial charge in [-0.2, -0.15) is 0 Å². The minimum Gasteiger partial charge on any atom is -0.396 e. The Hall–Kier alpha value is -1.69. The maximum atomic E-state index is 12.1. The smallest absolute Gasteiger partial charge is 0.274 e. The summed E-state index contributed by atoms with van der Waals surface area (Å²) in [6.07, 6.45) is 3.59. The average Bonchev–Trinajstić information content (AvgIpc) is 2.49. The number of nitrogens with one attached hydrogen (secondary N) is 1. The summed E-state index contributed by atoms with van der Waals surface area (Å²) in [4.78, 5) is 13.7. The molecular weight excluding hydrogens is 256 g/mol. The lowest BCUT2D eigenvalue weighted by Gasteiger charge is -2.16. The first-order chi connectivity index (χ1) is 9.69. The zero-order valence-corrected chi connectivity index (χ0v) is 12.3. The predicted octanol–water partition coefficient (Wildman–Crippen LogP) is 1.53. The Balaban J connectivity index is 2.45. The van der Waals surface area contributed by atoms with Gasteiger partial charge in [-0.1, -0.05) is 6.92 Å². The SMILES string of the molecule is CCCNc1ccc(C(=O)N(C)CCCCCO)nn1. The van der Waals surface area contributed by atoms with Crippen molar-refractivity contribution in [2.24, 2.45) is 0 Å². The second-order valence-electron chi connectivity index (χ2n) is 4.74. The largest absolute Gasteiger partial charge is 0.396 e. The van der Waals surface area contributed by atoms with Gasteiger partial charge in [-0.05, 0) is 37.8 Å². The van der Waals surface area contributed by atoms with Crippen molar-refractivity contribution in [3.63, 3.8) is 0 Å². The van der Waals surface area contributed by atoms with E-state index in [2.05, 4.69) is 22.4 Å². The molecule has 0 aliphatic rings. The monoisotopic (exact) mass is 280 g/mol. The number of aromatic nitrogens is 2. The molecule has 0 atom stereocenters. The number of carbonyl (C=O) groups excluding carboxylic acids is 1. The molecule has 0 saturated carbocycles. The molecule has 20 heavy (non-hydrogen) atoms. The first-order valence-corrected chi connectivity index (χ1v) is 7.13. The molecule has 0 aliphatic carbocycles. The van der Waals surface area contributed by atoms with Crippen LogP contribution in [-0.2, 0) is 0 Å². The van der Waals surface area contributed by atoms with Crippen LogP contribution in [-0.4, -0.2) is 52.9 Å². The Morgan fingerprint density at radius 3 is 2.70 bits per heavy atom. The van der Waals surface area contributed by atoms with Gasteiger partial charge >= 0.3 is 0 Å². The molecule has 1 aromatic heterocycles. The fourth-order valence-corrected chi connectivity index (χ4v) is 1.73. The van der Waals surface area contributed by atoms with Crippen molar-refractivity contribution < 1.29 is 9.90 Å². The molecule has 1 heterocycles. The van der Waals surface area contributed by atoms with Gasteiger partial charge in [-0.3, -0.25) is 4.79 Å². The highest BCUT2D eigenvalue weighted by molar-refractivity contribution is 5.92. The number of hydrogen-bond acceptors (Lipinski definition) is 5. The number of amides is 1. The quantitative estimate of drug-likeness (QED) is 0.671. The standard InChI is InChI=1S/C14H24N4O2/c1-3-9-15-13-8-7-12(16-17-13)14(20)18(2)10-5-4-6-11-19/h7-8,19H,3-6,9-11H2,1-2H3,(H,15,17). The van der Waals surface area contributed by atoms with Crippen molar-refractivity contribution in [3.8, 4) is 0 Å². The van der Waals surface area contributed by atoms with Gasteiger partial charge in [0, 0.05) is 26.7 Å². The van der Waals surface area contributed by atoms with E-state index in [9.17, 15) is 4.79 Å². The summed E-state index contributed by atoms with van der Waals surface area (Å²) in [6.45, 7) is 3.78. The molecule has 6 nitrogen and oxygen atoms in total. The van der Waals surface area contributed by atoms with Crippen molar-refractivity contribution in [1.82, 2.24) is 15.1 Å². The molecular formula is C14H24N4O2. The first kappa shape index (κ1) is 16.4. The average molecular weight is 280 g/mol. The number of unbranched alkanes of at least 4 members (excludes halogenated alkanes) is 2. The highest BCUT2D eigenvalue weighted by atomic mass is 16.2. The number of nitrogens with zero attached hydrogens (tertiary/aromatic N) is 3. The lowest BCUT2D eigenvalue weighted by Crippen LogP contribution is -2.28. The van der Waals surface area contributed by atoms with Crippen LogP contribution in [0.5, 0.6) is 0 Å². The summed E-state index contributed by atoms with van der Waals surface area (Å²) in [7, 11) is 1.76. The summed E-state index contributed by atoms with van der Waals surface area (Å²) < 4.78 is 0. The predicted molar refractivity (Wildman–Crippen MR) is 78.7 cm³/mol. The molecule has 0 aliphatic heterocycles. The molecule has 0 aromatic carbocycles. The van der Waals surface area contributed by atoms with Gasteiger partial charge in [0.2, 0.25) is 0 Å². The van der Waals surface area contributed by atoms with E-state index in [-0.39, 0.29) is 12.5 Å². The van der Waals surface area contributed by atoms with E-state index in [1.165, 1.54) is 0 Å². The fraction of sp³-hybridized carbons (Fsp3) is 0.643. The molecule has 1 rings (SSSR count). The van der Waals surface area contributed by atoms with Crippen molar-refractivity contribution in [3.05, 3.63) is 17.8 Å². The lowest BCUT2D eigenvalue weighted by molar-refractivity contribution is 0.0785. The second-order valence-corrected chi connectivity index (χ2v) is 4.74. The minimum absolute atomic E-state index is 0.122. The summed E-state index contributed by atoms with van der Waals surface area (Å²) in [5.41, 5.74) is 0.358. The number of carbonyl (C=O) groups is 1. The van der Waals surface area contributed by atoms with Crippen LogP contribution in [0.15, 0.2) is 12.1 Å². The summed E-state index contributed by atoms with van der Waals surface area (Å²) >= 11 is 0. The Bertz CT molecular complexity index is 395. The van der Waals surface area contributed by atoms with Gasteiger partial charge in [-0.15, -0.1) is 10.2 Å². The minimum atomic E-state index is -0.122. The molecule has 2 N–H and O–H groups in total. The van der Waals surface area contributed by atoms with Crippen LogP contribution in [0.4, 0.5) is 5.82 Å². The number of anilines is 1. The molecule has 0 fully saturated rings. The molecule has 1 aromatic rings. The van der Waals surface area contributed by atoms with E-state index in [0.717, 1.165) is 32.2 Å². The third-order valence-corrected chi connectivity index (χ3v) is 2.94. The van der Waals surface area contributed by atoms with Crippen LogP contribution < -0.4 is 5.32 Å². The number of aliphatic hydroxyl groups excluding tert-OH is 1. The lowest BCUT2D eigenvalue weighted by atomic mass is 10.2. The van der Waals surface area contributed by atoms with E-state index in [1.807, 2.05) is 0 Å². The van der Waals surface area contributed by atoms with Crippen molar-refractivity contribution in [2.45, 2.75) is 32.6 Å². The van der Waals surface area contributed by atoms with Crippen molar-refractivity contribution in [1.29, 1.82) is 0 Å². The number of aliphatic hydroxyl groups is 1. The van der Waals surface area contributed by atoms with Crippen LogP contribution in [0.3, 0.4) is 0 Å². The zero-order chi connectivity index (χ0) is 14.8. The Morgan fingerprint density at radius 1 is 1.30 bits per heavy atom. The van der Waals surface area contributed by atoms with Crippen molar-refractivity contribution in [2.75, 3.05) is 32.1 Å². The Morgan fingerprint density at radius 2 is 2.10 bits per heavy atom. The van der Waals surface area contributed by atoms with Crippen LogP contribution in [0.25, 0.3) is 0 Å². The normalized spacial score (nSPS) is 10.3. The van der Waals surface area contributed by atoms with E-state index in [4.69, 9.17) is 5.11 Å². The van der Waals surface area contributed by atoms with Crippen LogP contribution in [0, 0.1) is 0 Å². The highest BCUT2D eigenvalue weighted by Crippen LogP contribution is 2.05. The maximum absolute atomic E-state index is 12.1. The number of rotatable bonds is 9. The van der Waals surface area contributed by atoms with Crippen LogP contribution in [0.1, 0.15) is 43.1 Å². The molecule has 112 valence electrons. The maximum Gasteiger partial charge on any atom is 0.274 e. The second kappa shape index (κ2) is 9.25. The van der Waals surface area contributed by atoms with Crippen LogP contribution in [0.2, 0.25) is 0 Å². The van der Waals surface area contributed by atoms with Gasteiger partial charge in [0.05, 0.1) is 0 Å². The molecule has 0 saturated heterocycles. The van der Waals surface area contributed by atoms with E-state index in [1.54, 1.807) is 24.1 Å². The van der Waals surface area contributed by atoms with E-state index >= 15 is 0 Å². The third kappa shape index (κ3) is 5.52. The van der Waals surface area contributed by atoms with Crippen molar-refractivity contribution >= 4 is 11.7 Å². The van der Waals surface area contributed by atoms with Crippen LogP contribution >= 0.6 is 0 Å². The van der Waals surface area contributed by atoms with E-state index in [0.29, 0.717) is 18.1 Å². The fourth-order valence-electron chi connectivity index (χ4n) is 1.73.